The lowest BCUT2D eigenvalue weighted by Gasteiger charge is -2.29. The summed E-state index contributed by atoms with van der Waals surface area (Å²) in [7, 11) is 0. The van der Waals surface area contributed by atoms with Crippen LogP contribution in [0.1, 0.15) is 26.7 Å². The third kappa shape index (κ3) is 3.28. The molecule has 1 aliphatic heterocycles. The van der Waals surface area contributed by atoms with E-state index in [9.17, 15) is 9.59 Å². The fourth-order valence-corrected chi connectivity index (χ4v) is 2.55. The molecule has 2 heterocycles. The van der Waals surface area contributed by atoms with Crippen LogP contribution < -0.4 is 5.32 Å². The van der Waals surface area contributed by atoms with Gasteiger partial charge in [-0.25, -0.2) is 4.98 Å². The van der Waals surface area contributed by atoms with Crippen LogP contribution in [0, 0.1) is 5.92 Å². The monoisotopic (exact) mass is 295 g/mol. The van der Waals surface area contributed by atoms with Crippen molar-refractivity contribution in [3.8, 4) is 0 Å². The normalized spacial score (nSPS) is 16.6. The standard InChI is InChI=1S/C14H18ClN3O2/c1-9(2)13(18-7-3-4-12(18)19)14(20)17-10-5-6-11(15)16-8-10/h5-6,8-9,13H,3-4,7H2,1-2H3,(H,17,20). The third-order valence-corrected chi connectivity index (χ3v) is 3.56. The number of pyridine rings is 1. The van der Waals surface area contributed by atoms with Crippen LogP contribution in [0.25, 0.3) is 0 Å². The van der Waals surface area contributed by atoms with Crippen LogP contribution in [0.2, 0.25) is 5.15 Å². The van der Waals surface area contributed by atoms with E-state index in [1.54, 1.807) is 17.0 Å². The summed E-state index contributed by atoms with van der Waals surface area (Å²) in [4.78, 5) is 29.8. The smallest absolute Gasteiger partial charge is 0.247 e. The van der Waals surface area contributed by atoms with Gasteiger partial charge < -0.3 is 10.2 Å². The molecular formula is C14H18ClN3O2. The minimum atomic E-state index is -0.444. The molecule has 0 spiro atoms. The van der Waals surface area contributed by atoms with Gasteiger partial charge in [-0.3, -0.25) is 9.59 Å². The Labute approximate surface area is 123 Å². The Hall–Kier alpha value is -1.62. The van der Waals surface area contributed by atoms with Gasteiger partial charge in [0.05, 0.1) is 11.9 Å². The molecule has 6 heteroatoms. The summed E-state index contributed by atoms with van der Waals surface area (Å²) in [6.45, 7) is 4.53. The zero-order chi connectivity index (χ0) is 14.7. The lowest BCUT2D eigenvalue weighted by Crippen LogP contribution is -2.47. The highest BCUT2D eigenvalue weighted by molar-refractivity contribution is 6.29. The molecule has 0 bridgehead atoms. The average molecular weight is 296 g/mol. The van der Waals surface area contributed by atoms with E-state index in [0.717, 1.165) is 6.42 Å². The maximum absolute atomic E-state index is 12.4. The number of anilines is 1. The van der Waals surface area contributed by atoms with Crippen LogP contribution in [0.4, 0.5) is 5.69 Å². The Bertz CT molecular complexity index is 502. The molecule has 20 heavy (non-hydrogen) atoms. The van der Waals surface area contributed by atoms with Gasteiger partial charge >= 0.3 is 0 Å². The highest BCUT2D eigenvalue weighted by Gasteiger charge is 2.34. The van der Waals surface area contributed by atoms with E-state index in [-0.39, 0.29) is 17.7 Å². The molecule has 1 saturated heterocycles. The maximum atomic E-state index is 12.4. The van der Waals surface area contributed by atoms with Crippen molar-refractivity contribution in [2.45, 2.75) is 32.7 Å². The number of amides is 2. The van der Waals surface area contributed by atoms with Crippen molar-refractivity contribution >= 4 is 29.1 Å². The van der Waals surface area contributed by atoms with Gasteiger partial charge in [-0.1, -0.05) is 25.4 Å². The molecule has 1 aliphatic rings. The topological polar surface area (TPSA) is 62.3 Å². The minimum absolute atomic E-state index is 0.0491. The van der Waals surface area contributed by atoms with Crippen molar-refractivity contribution in [2.75, 3.05) is 11.9 Å². The van der Waals surface area contributed by atoms with E-state index in [4.69, 9.17) is 11.6 Å². The van der Waals surface area contributed by atoms with E-state index in [2.05, 4.69) is 10.3 Å². The lowest BCUT2D eigenvalue weighted by molar-refractivity contribution is -0.136. The summed E-state index contributed by atoms with van der Waals surface area (Å²) in [5, 5.41) is 3.17. The molecule has 1 unspecified atom stereocenters. The fourth-order valence-electron chi connectivity index (χ4n) is 2.43. The van der Waals surface area contributed by atoms with E-state index in [1.807, 2.05) is 13.8 Å². The number of rotatable bonds is 4. The van der Waals surface area contributed by atoms with Crippen molar-refractivity contribution in [1.82, 2.24) is 9.88 Å². The van der Waals surface area contributed by atoms with Gasteiger partial charge in [0.2, 0.25) is 11.8 Å². The lowest BCUT2D eigenvalue weighted by atomic mass is 10.0. The molecule has 108 valence electrons. The predicted molar refractivity (Wildman–Crippen MR) is 77.4 cm³/mol. The zero-order valence-electron chi connectivity index (χ0n) is 11.6. The second-order valence-electron chi connectivity index (χ2n) is 5.24. The molecule has 1 aromatic heterocycles. The first-order chi connectivity index (χ1) is 9.49. The van der Waals surface area contributed by atoms with Crippen LogP contribution in [-0.4, -0.2) is 34.3 Å². The Morgan fingerprint density at radius 3 is 2.70 bits per heavy atom. The number of hydrogen-bond acceptors (Lipinski definition) is 3. The van der Waals surface area contributed by atoms with Crippen LogP contribution in [0.3, 0.4) is 0 Å². The van der Waals surface area contributed by atoms with Gasteiger partial charge in [0.25, 0.3) is 0 Å². The fraction of sp³-hybridized carbons (Fsp3) is 0.500. The molecular weight excluding hydrogens is 278 g/mol. The quantitative estimate of drug-likeness (QED) is 0.867. The zero-order valence-corrected chi connectivity index (χ0v) is 12.4. The number of likely N-dealkylation sites (tertiary alicyclic amines) is 1. The Morgan fingerprint density at radius 1 is 1.45 bits per heavy atom. The van der Waals surface area contributed by atoms with Crippen molar-refractivity contribution in [3.05, 3.63) is 23.5 Å². The van der Waals surface area contributed by atoms with Crippen LogP contribution in [-0.2, 0) is 9.59 Å². The second kappa shape index (κ2) is 6.22. The molecule has 2 rings (SSSR count). The summed E-state index contributed by atoms with van der Waals surface area (Å²) in [6.07, 6.45) is 2.85. The molecule has 0 aromatic carbocycles. The summed E-state index contributed by atoms with van der Waals surface area (Å²) < 4.78 is 0. The molecule has 2 amide bonds. The van der Waals surface area contributed by atoms with Gasteiger partial charge in [-0.2, -0.15) is 0 Å². The molecule has 0 aliphatic carbocycles. The number of nitrogens with one attached hydrogen (secondary N) is 1. The summed E-state index contributed by atoms with van der Waals surface area (Å²) in [5.74, 6) is -0.0789. The van der Waals surface area contributed by atoms with Crippen LogP contribution in [0.5, 0.6) is 0 Å². The van der Waals surface area contributed by atoms with Crippen LogP contribution >= 0.6 is 11.6 Å². The van der Waals surface area contributed by atoms with Gasteiger partial charge in [0.1, 0.15) is 11.2 Å². The van der Waals surface area contributed by atoms with E-state index < -0.39 is 6.04 Å². The van der Waals surface area contributed by atoms with Gasteiger partial charge in [0.15, 0.2) is 0 Å². The summed E-state index contributed by atoms with van der Waals surface area (Å²) in [5.41, 5.74) is 0.580. The van der Waals surface area contributed by atoms with Gasteiger partial charge in [-0.15, -0.1) is 0 Å². The van der Waals surface area contributed by atoms with Crippen molar-refractivity contribution in [3.63, 3.8) is 0 Å². The molecule has 5 nitrogen and oxygen atoms in total. The third-order valence-electron chi connectivity index (χ3n) is 3.34. The highest BCUT2D eigenvalue weighted by atomic mass is 35.5. The number of hydrogen-bond donors (Lipinski definition) is 1. The first kappa shape index (κ1) is 14.8. The SMILES string of the molecule is CC(C)C(C(=O)Nc1ccc(Cl)nc1)N1CCCC1=O. The molecule has 0 radical (unpaired) electrons. The minimum Gasteiger partial charge on any atom is -0.330 e. The van der Waals surface area contributed by atoms with Crippen LogP contribution in [0.15, 0.2) is 18.3 Å². The first-order valence-electron chi connectivity index (χ1n) is 6.71. The van der Waals surface area contributed by atoms with E-state index in [0.29, 0.717) is 23.8 Å². The van der Waals surface area contributed by atoms with E-state index >= 15 is 0 Å². The molecule has 1 fully saturated rings. The number of carbonyl (C=O) groups excluding carboxylic acids is 2. The van der Waals surface area contributed by atoms with E-state index in [1.165, 1.54) is 6.20 Å². The summed E-state index contributed by atoms with van der Waals surface area (Å²) >= 11 is 5.71. The highest BCUT2D eigenvalue weighted by Crippen LogP contribution is 2.21. The molecule has 1 aromatic rings. The van der Waals surface area contributed by atoms with Gasteiger partial charge in [-0.05, 0) is 24.5 Å². The Kier molecular flexibility index (Phi) is 4.60. The first-order valence-corrected chi connectivity index (χ1v) is 7.08. The molecule has 1 atom stereocenters. The van der Waals surface area contributed by atoms with Crippen molar-refractivity contribution < 1.29 is 9.59 Å². The van der Waals surface area contributed by atoms with Crippen molar-refractivity contribution in [1.29, 1.82) is 0 Å². The molecule has 1 N–H and O–H groups in total. The molecule has 0 saturated carbocycles. The van der Waals surface area contributed by atoms with Crippen molar-refractivity contribution in [2.24, 2.45) is 5.92 Å². The number of carbonyl (C=O) groups is 2. The average Bonchev–Trinajstić information content (AvgIpc) is 2.78. The summed E-state index contributed by atoms with van der Waals surface area (Å²) in [6, 6.07) is 2.86. The number of halogens is 1. The Morgan fingerprint density at radius 2 is 2.20 bits per heavy atom. The second-order valence-corrected chi connectivity index (χ2v) is 5.63. The predicted octanol–water partition coefficient (Wildman–Crippen LogP) is 2.32. The maximum Gasteiger partial charge on any atom is 0.247 e. The largest absolute Gasteiger partial charge is 0.330 e. The number of nitrogens with zero attached hydrogens (tertiary/aromatic N) is 2. The number of aromatic nitrogens is 1. The van der Waals surface area contributed by atoms with Gasteiger partial charge in [0, 0.05) is 13.0 Å². The Balaban J connectivity index is 2.11.